The Labute approximate surface area is 89.9 Å². The van der Waals surface area contributed by atoms with Crippen LogP contribution in [0.25, 0.3) is 0 Å². The SMILES string of the molecule is CCN(CCCC(C)(C)N)CC(C)C. The Morgan fingerprint density at radius 1 is 1.29 bits per heavy atom. The molecule has 0 amide bonds. The molecule has 0 aliphatic heterocycles. The van der Waals surface area contributed by atoms with E-state index in [0.717, 1.165) is 18.9 Å². The zero-order valence-electron chi connectivity index (χ0n) is 10.6. The molecule has 0 bridgehead atoms. The molecule has 0 saturated heterocycles. The molecule has 0 aliphatic rings. The first-order valence-corrected chi connectivity index (χ1v) is 5.86. The monoisotopic (exact) mass is 200 g/mol. The van der Waals surface area contributed by atoms with Crippen LogP contribution in [0.15, 0.2) is 0 Å². The molecule has 0 aromatic heterocycles. The number of rotatable bonds is 7. The van der Waals surface area contributed by atoms with E-state index in [1.54, 1.807) is 0 Å². The van der Waals surface area contributed by atoms with E-state index in [1.165, 1.54) is 19.5 Å². The van der Waals surface area contributed by atoms with Crippen molar-refractivity contribution in [1.82, 2.24) is 4.90 Å². The molecule has 0 atom stereocenters. The molecule has 0 unspecified atom stereocenters. The van der Waals surface area contributed by atoms with Gasteiger partial charge in [0.25, 0.3) is 0 Å². The molecule has 2 nitrogen and oxygen atoms in total. The highest BCUT2D eigenvalue weighted by molar-refractivity contribution is 4.72. The van der Waals surface area contributed by atoms with E-state index in [4.69, 9.17) is 5.73 Å². The fourth-order valence-corrected chi connectivity index (χ4v) is 1.65. The molecule has 0 spiro atoms. The molecule has 0 aromatic rings. The molecule has 0 aromatic carbocycles. The number of hydrogen-bond donors (Lipinski definition) is 1. The molecule has 0 aliphatic carbocycles. The summed E-state index contributed by atoms with van der Waals surface area (Å²) in [6.07, 6.45) is 2.33. The number of nitrogens with zero attached hydrogens (tertiary/aromatic N) is 1. The van der Waals surface area contributed by atoms with Gasteiger partial charge in [-0.1, -0.05) is 20.8 Å². The quantitative estimate of drug-likeness (QED) is 0.684. The van der Waals surface area contributed by atoms with E-state index in [1.807, 2.05) is 0 Å². The van der Waals surface area contributed by atoms with Crippen LogP contribution < -0.4 is 5.73 Å². The van der Waals surface area contributed by atoms with Crippen LogP contribution in [0.1, 0.15) is 47.5 Å². The van der Waals surface area contributed by atoms with Crippen molar-refractivity contribution >= 4 is 0 Å². The van der Waals surface area contributed by atoms with Gasteiger partial charge in [0.2, 0.25) is 0 Å². The summed E-state index contributed by atoms with van der Waals surface area (Å²) in [4.78, 5) is 2.51. The van der Waals surface area contributed by atoms with Crippen molar-refractivity contribution in [3.63, 3.8) is 0 Å². The van der Waals surface area contributed by atoms with Gasteiger partial charge in [0.05, 0.1) is 0 Å². The second-order valence-corrected chi connectivity index (χ2v) is 5.38. The molecule has 2 heteroatoms. The topological polar surface area (TPSA) is 29.3 Å². The molecule has 2 N–H and O–H groups in total. The standard InChI is InChI=1S/C12H28N2/c1-6-14(10-11(2)3)9-7-8-12(4,5)13/h11H,6-10,13H2,1-5H3. The summed E-state index contributed by atoms with van der Waals surface area (Å²) in [6.45, 7) is 14.5. The van der Waals surface area contributed by atoms with Gasteiger partial charge in [-0.15, -0.1) is 0 Å². The van der Waals surface area contributed by atoms with Gasteiger partial charge in [0.1, 0.15) is 0 Å². The van der Waals surface area contributed by atoms with Crippen molar-refractivity contribution in [3.05, 3.63) is 0 Å². The molecule has 86 valence electrons. The Morgan fingerprint density at radius 3 is 2.21 bits per heavy atom. The first kappa shape index (κ1) is 13.9. The highest BCUT2D eigenvalue weighted by Crippen LogP contribution is 2.08. The third-order valence-electron chi connectivity index (χ3n) is 2.37. The third-order valence-corrected chi connectivity index (χ3v) is 2.37. The summed E-state index contributed by atoms with van der Waals surface area (Å²) in [5.41, 5.74) is 5.94. The second-order valence-electron chi connectivity index (χ2n) is 5.38. The van der Waals surface area contributed by atoms with Crippen molar-refractivity contribution < 1.29 is 0 Å². The summed E-state index contributed by atoms with van der Waals surface area (Å²) >= 11 is 0. The predicted octanol–water partition coefficient (Wildman–Crippen LogP) is 2.48. The van der Waals surface area contributed by atoms with Crippen LogP contribution in [0.5, 0.6) is 0 Å². The zero-order valence-corrected chi connectivity index (χ0v) is 10.6. The molecule has 0 rings (SSSR count). The van der Waals surface area contributed by atoms with Crippen molar-refractivity contribution in [2.45, 2.75) is 53.0 Å². The zero-order chi connectivity index (χ0) is 11.2. The Kier molecular flexibility index (Phi) is 6.38. The summed E-state index contributed by atoms with van der Waals surface area (Å²) in [7, 11) is 0. The van der Waals surface area contributed by atoms with Gasteiger partial charge in [0, 0.05) is 12.1 Å². The fourth-order valence-electron chi connectivity index (χ4n) is 1.65. The first-order chi connectivity index (χ1) is 6.35. The molecular weight excluding hydrogens is 172 g/mol. The Bertz CT molecular complexity index is 136. The van der Waals surface area contributed by atoms with E-state index >= 15 is 0 Å². The van der Waals surface area contributed by atoms with E-state index < -0.39 is 0 Å². The molecule has 14 heavy (non-hydrogen) atoms. The van der Waals surface area contributed by atoms with Gasteiger partial charge in [-0.3, -0.25) is 0 Å². The van der Waals surface area contributed by atoms with Gasteiger partial charge < -0.3 is 10.6 Å². The maximum Gasteiger partial charge on any atom is 0.00975 e. The van der Waals surface area contributed by atoms with Crippen LogP contribution in [0.4, 0.5) is 0 Å². The highest BCUT2D eigenvalue weighted by atomic mass is 15.1. The lowest BCUT2D eigenvalue weighted by Gasteiger charge is -2.25. The maximum absolute atomic E-state index is 5.95. The predicted molar refractivity (Wildman–Crippen MR) is 64.5 cm³/mol. The van der Waals surface area contributed by atoms with Crippen LogP contribution in [0, 0.1) is 5.92 Å². The maximum atomic E-state index is 5.95. The van der Waals surface area contributed by atoms with E-state index in [9.17, 15) is 0 Å². The van der Waals surface area contributed by atoms with E-state index in [0.29, 0.717) is 0 Å². The Morgan fingerprint density at radius 2 is 1.86 bits per heavy atom. The van der Waals surface area contributed by atoms with E-state index in [2.05, 4.69) is 39.5 Å². The Hall–Kier alpha value is -0.0800. The summed E-state index contributed by atoms with van der Waals surface area (Å²) < 4.78 is 0. The summed E-state index contributed by atoms with van der Waals surface area (Å²) in [5.74, 6) is 0.765. The van der Waals surface area contributed by atoms with Crippen molar-refractivity contribution in [2.24, 2.45) is 11.7 Å². The average molecular weight is 200 g/mol. The van der Waals surface area contributed by atoms with Crippen LogP contribution in [0.3, 0.4) is 0 Å². The van der Waals surface area contributed by atoms with Gasteiger partial charge in [-0.25, -0.2) is 0 Å². The number of hydrogen-bond acceptors (Lipinski definition) is 2. The summed E-state index contributed by atoms with van der Waals surface area (Å²) in [5, 5.41) is 0. The lowest BCUT2D eigenvalue weighted by atomic mass is 10.00. The molecule has 0 heterocycles. The largest absolute Gasteiger partial charge is 0.326 e. The highest BCUT2D eigenvalue weighted by Gasteiger charge is 2.11. The molecule has 0 radical (unpaired) electrons. The smallest absolute Gasteiger partial charge is 0.00975 e. The van der Waals surface area contributed by atoms with Crippen molar-refractivity contribution in [2.75, 3.05) is 19.6 Å². The molecule has 0 saturated carbocycles. The van der Waals surface area contributed by atoms with E-state index in [-0.39, 0.29) is 5.54 Å². The van der Waals surface area contributed by atoms with Gasteiger partial charge in [0.15, 0.2) is 0 Å². The Balaban J connectivity index is 3.63. The van der Waals surface area contributed by atoms with Gasteiger partial charge in [-0.2, -0.15) is 0 Å². The van der Waals surface area contributed by atoms with Crippen molar-refractivity contribution in [1.29, 1.82) is 0 Å². The second kappa shape index (κ2) is 6.41. The van der Waals surface area contributed by atoms with Crippen LogP contribution in [0.2, 0.25) is 0 Å². The van der Waals surface area contributed by atoms with Crippen molar-refractivity contribution in [3.8, 4) is 0 Å². The van der Waals surface area contributed by atoms with Crippen LogP contribution >= 0.6 is 0 Å². The third kappa shape index (κ3) is 8.52. The average Bonchev–Trinajstić information content (AvgIpc) is 1.99. The van der Waals surface area contributed by atoms with Gasteiger partial charge >= 0.3 is 0 Å². The van der Waals surface area contributed by atoms with Crippen LogP contribution in [-0.2, 0) is 0 Å². The fraction of sp³-hybridized carbons (Fsp3) is 1.00. The van der Waals surface area contributed by atoms with Gasteiger partial charge in [-0.05, 0) is 45.7 Å². The van der Waals surface area contributed by atoms with Crippen LogP contribution in [-0.4, -0.2) is 30.1 Å². The minimum atomic E-state index is -0.00274. The minimum Gasteiger partial charge on any atom is -0.326 e. The molecule has 0 fully saturated rings. The first-order valence-electron chi connectivity index (χ1n) is 5.86. The minimum absolute atomic E-state index is 0.00274. The lowest BCUT2D eigenvalue weighted by Crippen LogP contribution is -2.34. The normalized spacial score (nSPS) is 12.9. The summed E-state index contributed by atoms with van der Waals surface area (Å²) in [6, 6.07) is 0. The number of nitrogens with two attached hydrogens (primary N) is 1. The molecular formula is C12H28N2. The lowest BCUT2D eigenvalue weighted by molar-refractivity contribution is 0.244.